The van der Waals surface area contributed by atoms with E-state index in [4.69, 9.17) is 4.99 Å². The predicted octanol–water partition coefficient (Wildman–Crippen LogP) is 2.69. The molecule has 1 aliphatic heterocycles. The summed E-state index contributed by atoms with van der Waals surface area (Å²) >= 11 is 0. The van der Waals surface area contributed by atoms with Gasteiger partial charge in [0.05, 0.1) is 24.5 Å². The number of para-hydroxylation sites is 1. The van der Waals surface area contributed by atoms with Crippen LogP contribution in [0.25, 0.3) is 5.69 Å². The second kappa shape index (κ2) is 11.1. The van der Waals surface area contributed by atoms with Gasteiger partial charge in [-0.2, -0.15) is 5.10 Å². The fourth-order valence-corrected chi connectivity index (χ4v) is 4.24. The van der Waals surface area contributed by atoms with E-state index in [1.54, 1.807) is 0 Å². The van der Waals surface area contributed by atoms with Crippen molar-refractivity contribution in [2.45, 2.75) is 32.5 Å². The average molecular weight is 447 g/mol. The van der Waals surface area contributed by atoms with Gasteiger partial charge in [-0.05, 0) is 36.6 Å². The molecule has 0 spiro atoms. The van der Waals surface area contributed by atoms with Crippen LogP contribution in [-0.4, -0.2) is 70.0 Å². The van der Waals surface area contributed by atoms with E-state index in [-0.39, 0.29) is 0 Å². The van der Waals surface area contributed by atoms with Crippen molar-refractivity contribution in [2.75, 3.05) is 33.2 Å². The molecule has 0 fully saturated rings. The maximum atomic E-state index is 10.7. The third-order valence-electron chi connectivity index (χ3n) is 5.90. The zero-order valence-corrected chi connectivity index (χ0v) is 19.6. The van der Waals surface area contributed by atoms with E-state index < -0.39 is 6.10 Å². The molecule has 2 heterocycles. The van der Waals surface area contributed by atoms with Crippen molar-refractivity contribution in [2.24, 2.45) is 4.99 Å². The van der Waals surface area contributed by atoms with Crippen molar-refractivity contribution in [1.29, 1.82) is 0 Å². The molecule has 7 heteroatoms. The lowest BCUT2D eigenvalue weighted by Crippen LogP contribution is -2.40. The molecule has 1 atom stereocenters. The van der Waals surface area contributed by atoms with Crippen LogP contribution in [0.3, 0.4) is 0 Å². The Morgan fingerprint density at radius 3 is 2.70 bits per heavy atom. The van der Waals surface area contributed by atoms with Gasteiger partial charge in [0.25, 0.3) is 0 Å². The summed E-state index contributed by atoms with van der Waals surface area (Å²) in [6.07, 6.45) is 4.46. The number of β-amino-alcohol motifs (C(OH)–C–C–N with tert-alkyl or cyclic N) is 1. The lowest BCUT2D eigenvalue weighted by atomic mass is 10.00. The smallest absolute Gasteiger partial charge is 0.194 e. The van der Waals surface area contributed by atoms with Crippen LogP contribution < -0.4 is 5.32 Å². The van der Waals surface area contributed by atoms with Crippen molar-refractivity contribution >= 4 is 5.96 Å². The van der Waals surface area contributed by atoms with Gasteiger partial charge in [-0.3, -0.25) is 9.89 Å². The van der Waals surface area contributed by atoms with Gasteiger partial charge >= 0.3 is 0 Å². The standard InChI is InChI=1S/C26H34N6O/c1-3-27-26(30(2)17-21-15-29-32(18-21)24-11-5-4-6-12-24)28-16-25(33)20-31-14-13-22-9-7-8-10-23(22)19-31/h4-12,15,18,25,33H,3,13-14,16-17,19-20H2,1-2H3,(H,27,28). The van der Waals surface area contributed by atoms with Crippen LogP contribution in [0.15, 0.2) is 72.0 Å². The number of benzene rings is 2. The molecule has 0 saturated heterocycles. The van der Waals surface area contributed by atoms with Gasteiger partial charge in [-0.25, -0.2) is 4.68 Å². The van der Waals surface area contributed by atoms with Crippen molar-refractivity contribution in [3.05, 3.63) is 83.7 Å². The Morgan fingerprint density at radius 2 is 1.91 bits per heavy atom. The third kappa shape index (κ3) is 6.21. The van der Waals surface area contributed by atoms with Crippen LogP contribution in [-0.2, 0) is 19.5 Å². The molecule has 2 aromatic carbocycles. The van der Waals surface area contributed by atoms with Crippen molar-refractivity contribution in [3.63, 3.8) is 0 Å². The molecule has 1 unspecified atom stereocenters. The number of aliphatic imine (C=N–C) groups is 1. The number of hydrogen-bond acceptors (Lipinski definition) is 4. The lowest BCUT2D eigenvalue weighted by Gasteiger charge is -2.30. The topological polar surface area (TPSA) is 68.9 Å². The van der Waals surface area contributed by atoms with Crippen molar-refractivity contribution in [3.8, 4) is 5.69 Å². The molecule has 3 aromatic rings. The highest BCUT2D eigenvalue weighted by Crippen LogP contribution is 2.18. The summed E-state index contributed by atoms with van der Waals surface area (Å²) in [4.78, 5) is 9.10. The Hall–Kier alpha value is -3.16. The molecule has 1 aromatic heterocycles. The minimum Gasteiger partial charge on any atom is -0.390 e. The van der Waals surface area contributed by atoms with Gasteiger partial charge in [0.1, 0.15) is 0 Å². The molecule has 0 bridgehead atoms. The van der Waals surface area contributed by atoms with E-state index in [2.05, 4.69) is 51.4 Å². The second-order valence-electron chi connectivity index (χ2n) is 8.59. The molecule has 33 heavy (non-hydrogen) atoms. The highest BCUT2D eigenvalue weighted by atomic mass is 16.3. The fourth-order valence-electron chi connectivity index (χ4n) is 4.24. The van der Waals surface area contributed by atoms with Crippen LogP contribution in [0.5, 0.6) is 0 Å². The van der Waals surface area contributed by atoms with E-state index in [9.17, 15) is 5.11 Å². The molecule has 7 nitrogen and oxygen atoms in total. The summed E-state index contributed by atoms with van der Waals surface area (Å²) in [5.41, 5.74) is 4.92. The first-order valence-corrected chi connectivity index (χ1v) is 11.7. The molecule has 0 saturated carbocycles. The second-order valence-corrected chi connectivity index (χ2v) is 8.59. The van der Waals surface area contributed by atoms with E-state index >= 15 is 0 Å². The van der Waals surface area contributed by atoms with E-state index in [1.807, 2.05) is 54.5 Å². The molecule has 4 rings (SSSR count). The Bertz CT molecular complexity index is 1050. The van der Waals surface area contributed by atoms with Crippen LogP contribution in [0, 0.1) is 0 Å². The van der Waals surface area contributed by atoms with E-state index in [0.717, 1.165) is 43.3 Å². The van der Waals surface area contributed by atoms with E-state index in [0.29, 0.717) is 19.6 Å². The van der Waals surface area contributed by atoms with E-state index in [1.165, 1.54) is 11.1 Å². The molecule has 174 valence electrons. The maximum Gasteiger partial charge on any atom is 0.194 e. The Kier molecular flexibility index (Phi) is 7.75. The van der Waals surface area contributed by atoms with Crippen LogP contribution >= 0.6 is 0 Å². The molecular formula is C26H34N6O. The summed E-state index contributed by atoms with van der Waals surface area (Å²) < 4.78 is 1.88. The normalized spacial score (nSPS) is 15.2. The molecule has 0 amide bonds. The zero-order valence-electron chi connectivity index (χ0n) is 19.6. The summed E-state index contributed by atoms with van der Waals surface area (Å²) in [5.74, 6) is 0.785. The van der Waals surface area contributed by atoms with Gasteiger partial charge < -0.3 is 15.3 Å². The quantitative estimate of drug-likeness (QED) is 0.411. The van der Waals surface area contributed by atoms with Crippen molar-refractivity contribution in [1.82, 2.24) is 24.9 Å². The summed E-state index contributed by atoms with van der Waals surface area (Å²) in [6, 6.07) is 18.7. The minimum absolute atomic E-state index is 0.369. The first-order chi connectivity index (χ1) is 16.1. The van der Waals surface area contributed by atoms with Crippen LogP contribution in [0.1, 0.15) is 23.6 Å². The number of aliphatic hydroxyl groups is 1. The highest BCUT2D eigenvalue weighted by molar-refractivity contribution is 5.79. The minimum atomic E-state index is -0.502. The fraction of sp³-hybridized carbons (Fsp3) is 0.385. The number of nitrogens with one attached hydrogen (secondary N) is 1. The van der Waals surface area contributed by atoms with Crippen LogP contribution in [0.4, 0.5) is 0 Å². The Morgan fingerprint density at radius 1 is 1.15 bits per heavy atom. The summed E-state index contributed by atoms with van der Waals surface area (Å²) in [6.45, 7) is 6.37. The van der Waals surface area contributed by atoms with Gasteiger partial charge in [-0.1, -0.05) is 42.5 Å². The predicted molar refractivity (Wildman–Crippen MR) is 132 cm³/mol. The number of fused-ring (bicyclic) bond motifs is 1. The highest BCUT2D eigenvalue weighted by Gasteiger charge is 2.18. The molecule has 0 aliphatic carbocycles. The summed E-state index contributed by atoms with van der Waals surface area (Å²) in [5, 5.41) is 18.5. The molecule has 2 N–H and O–H groups in total. The number of nitrogens with zero attached hydrogens (tertiary/aromatic N) is 5. The third-order valence-corrected chi connectivity index (χ3v) is 5.90. The number of guanidine groups is 1. The number of hydrogen-bond donors (Lipinski definition) is 2. The molecule has 1 aliphatic rings. The average Bonchev–Trinajstić information content (AvgIpc) is 3.30. The Balaban J connectivity index is 1.32. The van der Waals surface area contributed by atoms with Crippen molar-refractivity contribution < 1.29 is 5.11 Å². The number of aliphatic hydroxyl groups excluding tert-OH is 1. The van der Waals surface area contributed by atoms with Crippen LogP contribution in [0.2, 0.25) is 0 Å². The van der Waals surface area contributed by atoms with Gasteiger partial charge in [0, 0.05) is 51.5 Å². The summed E-state index contributed by atoms with van der Waals surface area (Å²) in [7, 11) is 2.01. The number of aromatic nitrogens is 2. The molecular weight excluding hydrogens is 412 g/mol. The lowest BCUT2D eigenvalue weighted by molar-refractivity contribution is 0.111. The van der Waals surface area contributed by atoms with Gasteiger partial charge in [0.2, 0.25) is 0 Å². The zero-order chi connectivity index (χ0) is 23.0. The van der Waals surface area contributed by atoms with Gasteiger partial charge in [0.15, 0.2) is 5.96 Å². The van der Waals surface area contributed by atoms with Gasteiger partial charge in [-0.15, -0.1) is 0 Å². The number of rotatable bonds is 8. The largest absolute Gasteiger partial charge is 0.390 e. The maximum absolute atomic E-state index is 10.7. The Labute approximate surface area is 196 Å². The monoisotopic (exact) mass is 446 g/mol. The first kappa shape index (κ1) is 23.0. The first-order valence-electron chi connectivity index (χ1n) is 11.7. The molecule has 0 radical (unpaired) electrons. The SMILES string of the molecule is CCNC(=NCC(O)CN1CCc2ccccc2C1)N(C)Cc1cnn(-c2ccccc2)c1.